The Hall–Kier alpha value is -2.25. The van der Waals surface area contributed by atoms with E-state index in [0.717, 1.165) is 30.4 Å². The van der Waals surface area contributed by atoms with Crippen LogP contribution in [-0.4, -0.2) is 13.3 Å². The van der Waals surface area contributed by atoms with Gasteiger partial charge in [-0.3, -0.25) is 10.1 Å². The standard InChI is InChI=1S/C16H16N2O4S/c19-18(20)13-8-10-14(11-9-13)23(21,22)17-16-7-3-5-12-4-1-2-6-15(12)16/h1-2,4,6,8-11,16-17H,3,5,7H2. The maximum absolute atomic E-state index is 12.5. The van der Waals surface area contributed by atoms with Crippen LogP contribution in [0.25, 0.3) is 0 Å². The first kappa shape index (κ1) is 15.6. The van der Waals surface area contributed by atoms with Crippen LogP contribution in [0.5, 0.6) is 0 Å². The Morgan fingerprint density at radius 1 is 1.09 bits per heavy atom. The maximum atomic E-state index is 12.5. The van der Waals surface area contributed by atoms with E-state index >= 15 is 0 Å². The molecule has 1 aliphatic carbocycles. The van der Waals surface area contributed by atoms with E-state index < -0.39 is 14.9 Å². The highest BCUT2D eigenvalue weighted by Crippen LogP contribution is 2.31. The van der Waals surface area contributed by atoms with Crippen molar-refractivity contribution in [1.29, 1.82) is 0 Å². The lowest BCUT2D eigenvalue weighted by Crippen LogP contribution is -2.31. The SMILES string of the molecule is O=[N+]([O-])c1ccc(S(=O)(=O)NC2CCCc3ccccc32)cc1. The third-order valence-corrected chi connectivity index (χ3v) is 5.51. The first-order valence-electron chi connectivity index (χ1n) is 7.32. The molecule has 0 bridgehead atoms. The van der Waals surface area contributed by atoms with Gasteiger partial charge in [0.1, 0.15) is 0 Å². The molecular weight excluding hydrogens is 316 g/mol. The van der Waals surface area contributed by atoms with Crippen LogP contribution in [0.15, 0.2) is 53.4 Å². The number of aryl methyl sites for hydroxylation is 1. The number of nitro benzene ring substituents is 1. The van der Waals surface area contributed by atoms with Crippen molar-refractivity contribution in [3.63, 3.8) is 0 Å². The molecule has 0 saturated heterocycles. The van der Waals surface area contributed by atoms with Crippen LogP contribution in [0.1, 0.15) is 30.0 Å². The molecule has 2 aromatic carbocycles. The number of nitrogens with one attached hydrogen (secondary N) is 1. The molecule has 0 amide bonds. The van der Waals surface area contributed by atoms with E-state index in [9.17, 15) is 18.5 Å². The average Bonchev–Trinajstić information content (AvgIpc) is 2.55. The van der Waals surface area contributed by atoms with E-state index in [1.54, 1.807) is 0 Å². The lowest BCUT2D eigenvalue weighted by atomic mass is 9.88. The van der Waals surface area contributed by atoms with Gasteiger partial charge in [0.25, 0.3) is 5.69 Å². The molecule has 7 heteroatoms. The van der Waals surface area contributed by atoms with Crippen molar-refractivity contribution in [2.75, 3.05) is 0 Å². The van der Waals surface area contributed by atoms with Gasteiger partial charge in [0, 0.05) is 18.2 Å². The molecule has 0 aromatic heterocycles. The average molecular weight is 332 g/mol. The van der Waals surface area contributed by atoms with Crippen LogP contribution in [0.3, 0.4) is 0 Å². The third-order valence-electron chi connectivity index (χ3n) is 4.02. The Balaban J connectivity index is 1.86. The first-order valence-corrected chi connectivity index (χ1v) is 8.80. The summed E-state index contributed by atoms with van der Waals surface area (Å²) in [6, 6.07) is 12.5. The Kier molecular flexibility index (Phi) is 4.14. The van der Waals surface area contributed by atoms with Crippen LogP contribution < -0.4 is 4.72 Å². The van der Waals surface area contributed by atoms with Crippen molar-refractivity contribution in [2.45, 2.75) is 30.2 Å². The second-order valence-corrected chi connectivity index (χ2v) is 7.23. The second-order valence-electron chi connectivity index (χ2n) is 5.52. The van der Waals surface area contributed by atoms with Gasteiger partial charge in [0.15, 0.2) is 0 Å². The molecule has 1 atom stereocenters. The molecule has 1 N–H and O–H groups in total. The van der Waals surface area contributed by atoms with Crippen LogP contribution >= 0.6 is 0 Å². The first-order chi connectivity index (χ1) is 11.0. The number of fused-ring (bicyclic) bond motifs is 1. The third kappa shape index (κ3) is 3.25. The van der Waals surface area contributed by atoms with Gasteiger partial charge < -0.3 is 0 Å². The fraction of sp³-hybridized carbons (Fsp3) is 0.250. The molecular formula is C16H16N2O4S. The number of non-ortho nitro benzene ring substituents is 1. The Bertz CT molecular complexity index is 831. The number of nitro groups is 1. The highest BCUT2D eigenvalue weighted by atomic mass is 32.2. The molecule has 0 saturated carbocycles. The Morgan fingerprint density at radius 2 is 1.78 bits per heavy atom. The Morgan fingerprint density at radius 3 is 2.48 bits per heavy atom. The van der Waals surface area contributed by atoms with Gasteiger partial charge in [-0.05, 0) is 42.5 Å². The smallest absolute Gasteiger partial charge is 0.258 e. The van der Waals surface area contributed by atoms with Crippen molar-refractivity contribution in [1.82, 2.24) is 4.72 Å². The van der Waals surface area contributed by atoms with Crippen molar-refractivity contribution >= 4 is 15.7 Å². The maximum Gasteiger partial charge on any atom is 0.269 e. The second kappa shape index (κ2) is 6.10. The summed E-state index contributed by atoms with van der Waals surface area (Å²) >= 11 is 0. The minimum Gasteiger partial charge on any atom is -0.258 e. The zero-order valence-electron chi connectivity index (χ0n) is 12.3. The van der Waals surface area contributed by atoms with Crippen molar-refractivity contribution < 1.29 is 13.3 Å². The van der Waals surface area contributed by atoms with Gasteiger partial charge >= 0.3 is 0 Å². The molecule has 0 fully saturated rings. The molecule has 2 aromatic rings. The van der Waals surface area contributed by atoms with Crippen LogP contribution in [0, 0.1) is 10.1 Å². The zero-order valence-corrected chi connectivity index (χ0v) is 13.1. The monoisotopic (exact) mass is 332 g/mol. The summed E-state index contributed by atoms with van der Waals surface area (Å²) in [5.74, 6) is 0. The lowest BCUT2D eigenvalue weighted by Gasteiger charge is -2.26. The summed E-state index contributed by atoms with van der Waals surface area (Å²) in [5, 5.41) is 10.7. The molecule has 6 nitrogen and oxygen atoms in total. The van der Waals surface area contributed by atoms with E-state index in [1.165, 1.54) is 24.3 Å². The van der Waals surface area contributed by atoms with Crippen molar-refractivity contribution in [2.24, 2.45) is 0 Å². The van der Waals surface area contributed by atoms with E-state index in [4.69, 9.17) is 0 Å². The number of hydrogen-bond donors (Lipinski definition) is 1. The normalized spacial score (nSPS) is 17.5. The van der Waals surface area contributed by atoms with E-state index in [2.05, 4.69) is 4.72 Å². The number of nitrogens with zero attached hydrogens (tertiary/aromatic N) is 1. The lowest BCUT2D eigenvalue weighted by molar-refractivity contribution is -0.384. The van der Waals surface area contributed by atoms with Crippen LogP contribution in [0.2, 0.25) is 0 Å². The van der Waals surface area contributed by atoms with E-state index in [0.29, 0.717) is 0 Å². The predicted molar refractivity (Wildman–Crippen MR) is 85.5 cm³/mol. The summed E-state index contributed by atoms with van der Waals surface area (Å²) in [5.41, 5.74) is 2.03. The van der Waals surface area contributed by atoms with Crippen LogP contribution in [-0.2, 0) is 16.4 Å². The summed E-state index contributed by atoms with van der Waals surface area (Å²) in [7, 11) is -3.72. The quantitative estimate of drug-likeness (QED) is 0.688. The summed E-state index contributed by atoms with van der Waals surface area (Å²) in [4.78, 5) is 10.1. The summed E-state index contributed by atoms with van der Waals surface area (Å²) in [6.45, 7) is 0. The molecule has 0 aliphatic heterocycles. The highest BCUT2D eigenvalue weighted by Gasteiger charge is 2.25. The fourth-order valence-corrected chi connectivity index (χ4v) is 4.13. The van der Waals surface area contributed by atoms with E-state index in [1.807, 2.05) is 24.3 Å². The molecule has 0 radical (unpaired) electrons. The van der Waals surface area contributed by atoms with E-state index in [-0.39, 0.29) is 16.6 Å². The minimum absolute atomic E-state index is 0.0335. The topological polar surface area (TPSA) is 89.3 Å². The zero-order chi connectivity index (χ0) is 16.4. The summed E-state index contributed by atoms with van der Waals surface area (Å²) in [6.07, 6.45) is 2.61. The number of rotatable bonds is 4. The Labute approximate surface area is 134 Å². The molecule has 3 rings (SSSR count). The van der Waals surface area contributed by atoms with Gasteiger partial charge in [0.2, 0.25) is 10.0 Å². The van der Waals surface area contributed by atoms with Gasteiger partial charge in [0.05, 0.1) is 9.82 Å². The van der Waals surface area contributed by atoms with Gasteiger partial charge in [-0.25, -0.2) is 13.1 Å². The minimum atomic E-state index is -3.72. The molecule has 0 spiro atoms. The van der Waals surface area contributed by atoms with Crippen molar-refractivity contribution in [3.8, 4) is 0 Å². The largest absolute Gasteiger partial charge is 0.269 e. The van der Waals surface area contributed by atoms with Crippen LogP contribution in [0.4, 0.5) is 5.69 Å². The molecule has 1 unspecified atom stereocenters. The molecule has 1 aliphatic rings. The molecule has 23 heavy (non-hydrogen) atoms. The highest BCUT2D eigenvalue weighted by molar-refractivity contribution is 7.89. The number of benzene rings is 2. The predicted octanol–water partition coefficient (Wildman–Crippen LogP) is 2.95. The molecule has 120 valence electrons. The van der Waals surface area contributed by atoms with Gasteiger partial charge in [-0.2, -0.15) is 0 Å². The van der Waals surface area contributed by atoms with Crippen molar-refractivity contribution in [3.05, 3.63) is 69.8 Å². The van der Waals surface area contributed by atoms with Gasteiger partial charge in [-0.1, -0.05) is 24.3 Å². The number of sulfonamides is 1. The number of hydrogen-bond acceptors (Lipinski definition) is 4. The summed E-state index contributed by atoms with van der Waals surface area (Å²) < 4.78 is 27.7. The molecule has 0 heterocycles. The fourth-order valence-electron chi connectivity index (χ4n) is 2.88. The van der Waals surface area contributed by atoms with Gasteiger partial charge in [-0.15, -0.1) is 0 Å².